The van der Waals surface area contributed by atoms with E-state index in [2.05, 4.69) is 19.9 Å². The van der Waals surface area contributed by atoms with Gasteiger partial charge in [-0.1, -0.05) is 72.8 Å². The highest BCUT2D eigenvalue weighted by atomic mass is 32.1. The zero-order chi connectivity index (χ0) is 36.3. The molecule has 0 bridgehead atoms. The van der Waals surface area contributed by atoms with Gasteiger partial charge in [0.25, 0.3) is 0 Å². The first-order chi connectivity index (χ1) is 24.3. The number of rotatable bonds is 13. The van der Waals surface area contributed by atoms with E-state index in [-0.39, 0.29) is 31.5 Å². The van der Waals surface area contributed by atoms with Gasteiger partial charge in [-0.25, -0.2) is 18.9 Å². The standard InChI is InChI=1S/C34H38N4O10P2S/c1-21(23-12-14-24(15-13-23)32-22(2)36-20-51-32)37-33(39)30-18-25(19-35-30)47-50(43,44)48-49(41,42)45-17-16-38(3)34(40)46-31-28-10-6-4-8-26(28)27-9-5-7-11-29(27)31/h4-15,20-21,25,30-31,35H,16-19H2,1-3H3,(H,37,39)(H,41,42)(H,43,44)/t21-,25+,30-/m0/s1. The van der Waals surface area contributed by atoms with E-state index in [4.69, 9.17) is 13.8 Å². The first-order valence-electron chi connectivity index (χ1n) is 16.1. The summed E-state index contributed by atoms with van der Waals surface area (Å²) in [6.45, 7) is 3.09. The van der Waals surface area contributed by atoms with Crippen molar-refractivity contribution in [2.24, 2.45) is 0 Å². The number of nitrogens with one attached hydrogen (secondary N) is 2. The monoisotopic (exact) mass is 756 g/mol. The van der Waals surface area contributed by atoms with Gasteiger partial charge in [-0.2, -0.15) is 4.31 Å². The van der Waals surface area contributed by atoms with Gasteiger partial charge in [0.15, 0.2) is 6.10 Å². The van der Waals surface area contributed by atoms with Gasteiger partial charge in [0.2, 0.25) is 5.91 Å². The minimum absolute atomic E-state index is 0.00942. The molecule has 1 fully saturated rings. The van der Waals surface area contributed by atoms with E-state index < -0.39 is 46.6 Å². The molecule has 14 nitrogen and oxygen atoms in total. The number of hydrogen-bond acceptors (Lipinski definition) is 11. The van der Waals surface area contributed by atoms with Crippen LogP contribution in [0.1, 0.15) is 47.9 Å². The van der Waals surface area contributed by atoms with Crippen LogP contribution in [0.3, 0.4) is 0 Å². The van der Waals surface area contributed by atoms with Crippen molar-refractivity contribution in [1.29, 1.82) is 0 Å². The van der Waals surface area contributed by atoms with Crippen LogP contribution < -0.4 is 10.6 Å². The average Bonchev–Trinajstić information content (AvgIpc) is 3.82. The third kappa shape index (κ3) is 8.83. The van der Waals surface area contributed by atoms with Gasteiger partial charge in [-0.3, -0.25) is 13.8 Å². The predicted octanol–water partition coefficient (Wildman–Crippen LogP) is 6.12. The van der Waals surface area contributed by atoms with E-state index in [1.807, 2.05) is 86.6 Å². The summed E-state index contributed by atoms with van der Waals surface area (Å²) >= 11 is 1.56. The molecule has 4 aromatic rings. The molecule has 6 rings (SSSR count). The molecule has 2 aliphatic rings. The van der Waals surface area contributed by atoms with Crippen LogP contribution in [0.25, 0.3) is 21.6 Å². The second kappa shape index (κ2) is 15.5. The van der Waals surface area contributed by atoms with Gasteiger partial charge in [0.05, 0.1) is 40.9 Å². The molecule has 4 N–H and O–H groups in total. The molecule has 0 saturated carbocycles. The number of thiazole rings is 1. The number of phosphoric ester groups is 2. The first-order valence-corrected chi connectivity index (χ1v) is 20.0. The molecule has 2 amide bonds. The van der Waals surface area contributed by atoms with E-state index in [0.29, 0.717) is 0 Å². The minimum atomic E-state index is -5.11. The molecule has 270 valence electrons. The van der Waals surface area contributed by atoms with Crippen LogP contribution in [0.2, 0.25) is 0 Å². The Bertz CT molecular complexity index is 1950. The average molecular weight is 757 g/mol. The Balaban J connectivity index is 0.934. The Morgan fingerprint density at radius 3 is 2.29 bits per heavy atom. The van der Waals surface area contributed by atoms with Gasteiger partial charge in [0, 0.05) is 31.3 Å². The van der Waals surface area contributed by atoms with E-state index in [1.165, 1.54) is 7.05 Å². The fourth-order valence-electron chi connectivity index (χ4n) is 6.06. The van der Waals surface area contributed by atoms with Crippen molar-refractivity contribution in [2.75, 3.05) is 26.7 Å². The molecule has 0 radical (unpaired) electrons. The summed E-state index contributed by atoms with van der Waals surface area (Å²) in [6, 6.07) is 21.9. The second-order valence-electron chi connectivity index (χ2n) is 12.3. The minimum Gasteiger partial charge on any atom is -0.436 e. The summed E-state index contributed by atoms with van der Waals surface area (Å²) < 4.78 is 45.4. The summed E-state index contributed by atoms with van der Waals surface area (Å²) in [5.74, 6) is -0.343. The first kappa shape index (κ1) is 37.0. The normalized spacial score (nSPS) is 19.7. The van der Waals surface area contributed by atoms with Crippen LogP contribution in [0.5, 0.6) is 0 Å². The summed E-state index contributed by atoms with van der Waals surface area (Å²) in [4.78, 5) is 52.7. The highest BCUT2D eigenvalue weighted by Crippen LogP contribution is 2.61. The Hall–Kier alpha value is -3.75. The topological polar surface area (TPSA) is 186 Å². The van der Waals surface area contributed by atoms with Crippen LogP contribution >= 0.6 is 27.0 Å². The molecule has 2 heterocycles. The number of hydrogen-bond donors (Lipinski definition) is 4. The van der Waals surface area contributed by atoms with Crippen LogP contribution in [0.15, 0.2) is 78.3 Å². The maximum Gasteiger partial charge on any atom is 0.481 e. The lowest BCUT2D eigenvalue weighted by Gasteiger charge is -2.22. The Morgan fingerprint density at radius 2 is 1.67 bits per heavy atom. The van der Waals surface area contributed by atoms with Gasteiger partial charge in [-0.15, -0.1) is 11.3 Å². The Kier molecular flexibility index (Phi) is 11.2. The van der Waals surface area contributed by atoms with Crippen LogP contribution in [0.4, 0.5) is 4.79 Å². The number of aromatic nitrogens is 1. The number of amides is 2. The zero-order valence-corrected chi connectivity index (χ0v) is 30.6. The Morgan fingerprint density at radius 1 is 1.02 bits per heavy atom. The molecule has 1 aliphatic carbocycles. The van der Waals surface area contributed by atoms with Gasteiger partial charge in [0.1, 0.15) is 0 Å². The van der Waals surface area contributed by atoms with Crippen molar-refractivity contribution in [3.05, 3.63) is 101 Å². The van der Waals surface area contributed by atoms with Crippen LogP contribution in [0, 0.1) is 6.92 Å². The van der Waals surface area contributed by atoms with E-state index >= 15 is 0 Å². The number of phosphoric acid groups is 2. The van der Waals surface area contributed by atoms with Crippen LogP contribution in [-0.4, -0.2) is 70.6 Å². The van der Waals surface area contributed by atoms with E-state index in [1.54, 1.807) is 16.8 Å². The number of aryl methyl sites for hydroxylation is 1. The number of carbonyl (C=O) groups is 2. The van der Waals surface area contributed by atoms with Crippen molar-refractivity contribution in [3.63, 3.8) is 0 Å². The molecule has 2 unspecified atom stereocenters. The molecule has 51 heavy (non-hydrogen) atoms. The predicted molar refractivity (Wildman–Crippen MR) is 190 cm³/mol. The quantitative estimate of drug-likeness (QED) is 0.115. The SMILES string of the molecule is Cc1ncsc1-c1ccc([C@H](C)NC(=O)[C@@H]2C[C@@H](OP(=O)(O)OP(=O)(O)OCCN(C)C(=O)OC3c4ccccc4-c4ccccc43)CN2)cc1. The largest absolute Gasteiger partial charge is 0.481 e. The number of likely N-dealkylation sites (N-methyl/N-ethyl adjacent to an activating group) is 1. The summed E-state index contributed by atoms with van der Waals surface area (Å²) in [5, 5.41) is 5.86. The lowest BCUT2D eigenvalue weighted by Crippen LogP contribution is -2.41. The maximum absolute atomic E-state index is 13.0. The third-order valence-corrected chi connectivity index (χ3v) is 12.4. The molecule has 5 atom stereocenters. The van der Waals surface area contributed by atoms with Crippen molar-refractivity contribution < 1.29 is 46.6 Å². The number of benzene rings is 3. The lowest BCUT2D eigenvalue weighted by molar-refractivity contribution is -0.123. The molecule has 1 aromatic heterocycles. The maximum atomic E-state index is 13.0. The molecule has 17 heteroatoms. The second-order valence-corrected chi connectivity index (χ2v) is 16.1. The summed E-state index contributed by atoms with van der Waals surface area (Å²) in [6.07, 6.45) is -2.30. The molecule has 3 aromatic carbocycles. The highest BCUT2D eigenvalue weighted by molar-refractivity contribution is 7.61. The smallest absolute Gasteiger partial charge is 0.436 e. The lowest BCUT2D eigenvalue weighted by atomic mass is 10.0. The summed E-state index contributed by atoms with van der Waals surface area (Å²) in [7, 11) is -8.79. The number of nitrogens with zero attached hydrogens (tertiary/aromatic N) is 2. The molecular formula is C34H38N4O10P2S. The Labute approximate surface area is 299 Å². The number of carbonyl (C=O) groups excluding carboxylic acids is 2. The summed E-state index contributed by atoms with van der Waals surface area (Å²) in [5.41, 5.74) is 8.28. The number of ether oxygens (including phenoxy) is 1. The third-order valence-electron chi connectivity index (χ3n) is 8.66. The van der Waals surface area contributed by atoms with Crippen molar-refractivity contribution in [2.45, 2.75) is 44.6 Å². The van der Waals surface area contributed by atoms with Gasteiger partial charge in [-0.05, 0) is 42.5 Å². The molecule has 1 saturated heterocycles. The van der Waals surface area contributed by atoms with Gasteiger partial charge < -0.3 is 30.1 Å². The zero-order valence-electron chi connectivity index (χ0n) is 28.0. The highest BCUT2D eigenvalue weighted by Gasteiger charge is 2.41. The fraction of sp³-hybridized carbons (Fsp3) is 0.324. The van der Waals surface area contributed by atoms with Crippen LogP contribution in [-0.2, 0) is 32.0 Å². The van der Waals surface area contributed by atoms with Gasteiger partial charge >= 0.3 is 21.7 Å². The van der Waals surface area contributed by atoms with Crippen molar-refractivity contribution >= 4 is 39.0 Å². The van der Waals surface area contributed by atoms with E-state index in [9.17, 15) is 28.5 Å². The van der Waals surface area contributed by atoms with Crippen molar-refractivity contribution in [3.8, 4) is 21.6 Å². The van der Waals surface area contributed by atoms with E-state index in [0.717, 1.165) is 48.9 Å². The fourth-order valence-corrected chi connectivity index (χ4v) is 9.10. The molecular weight excluding hydrogens is 718 g/mol. The number of fused-ring (bicyclic) bond motifs is 3. The molecule has 1 aliphatic heterocycles. The molecule has 0 spiro atoms. The van der Waals surface area contributed by atoms with Crippen molar-refractivity contribution in [1.82, 2.24) is 20.5 Å².